The molecule has 1 aliphatic heterocycles. The van der Waals surface area contributed by atoms with Gasteiger partial charge in [-0.1, -0.05) is 19.0 Å². The molecule has 6 nitrogen and oxygen atoms in total. The molecule has 1 atom stereocenters. The summed E-state index contributed by atoms with van der Waals surface area (Å²) in [5.41, 5.74) is 2.60. The largest absolute Gasteiger partial charge is 0.377 e. The number of hydrogen-bond acceptors (Lipinski definition) is 5. The zero-order valence-corrected chi connectivity index (χ0v) is 13.4. The number of morpholine rings is 1. The zero-order valence-electron chi connectivity index (χ0n) is 13.4. The van der Waals surface area contributed by atoms with Crippen LogP contribution in [-0.2, 0) is 4.74 Å². The molecule has 1 unspecified atom stereocenters. The molecule has 2 aromatic rings. The summed E-state index contributed by atoms with van der Waals surface area (Å²) >= 11 is 0. The summed E-state index contributed by atoms with van der Waals surface area (Å²) < 4.78 is 10.7. The summed E-state index contributed by atoms with van der Waals surface area (Å²) in [7, 11) is 0. The third kappa shape index (κ3) is 2.47. The second-order valence-corrected chi connectivity index (χ2v) is 6.12. The Kier molecular flexibility index (Phi) is 3.87. The van der Waals surface area contributed by atoms with Gasteiger partial charge in [0.15, 0.2) is 0 Å². The molecule has 0 bridgehead atoms. The number of nitrogens with zero attached hydrogens (tertiary/aromatic N) is 3. The average molecular weight is 303 g/mol. The second-order valence-electron chi connectivity index (χ2n) is 6.12. The molecule has 3 rings (SSSR count). The van der Waals surface area contributed by atoms with Crippen molar-refractivity contribution < 1.29 is 14.1 Å². The molecule has 6 heteroatoms. The minimum atomic E-state index is -0.00333. The van der Waals surface area contributed by atoms with E-state index in [1.807, 2.05) is 38.7 Å². The highest BCUT2D eigenvalue weighted by Gasteiger charge is 2.28. The lowest BCUT2D eigenvalue weighted by Crippen LogP contribution is -2.47. The molecular weight excluding hydrogens is 282 g/mol. The fourth-order valence-electron chi connectivity index (χ4n) is 2.76. The molecule has 0 radical (unpaired) electrons. The van der Waals surface area contributed by atoms with Crippen LogP contribution in [0, 0.1) is 6.92 Å². The van der Waals surface area contributed by atoms with E-state index in [0.717, 1.165) is 5.69 Å². The van der Waals surface area contributed by atoms with Crippen molar-refractivity contribution in [2.24, 2.45) is 0 Å². The van der Waals surface area contributed by atoms with Gasteiger partial charge in [0, 0.05) is 12.2 Å². The molecule has 118 valence electrons. The number of aryl methyl sites for hydroxylation is 1. The number of ether oxygens (including phenoxy) is 1. The molecule has 2 aromatic heterocycles. The van der Waals surface area contributed by atoms with Crippen molar-refractivity contribution in [3.05, 3.63) is 23.0 Å². The third-order valence-electron chi connectivity index (χ3n) is 4.09. The monoisotopic (exact) mass is 303 g/mol. The summed E-state index contributed by atoms with van der Waals surface area (Å²) in [6, 6.07) is 1.94. The Morgan fingerprint density at radius 3 is 2.91 bits per heavy atom. The van der Waals surface area contributed by atoms with Crippen molar-refractivity contribution in [2.45, 2.75) is 39.7 Å². The fraction of sp³-hybridized carbons (Fsp3) is 0.562. The lowest BCUT2D eigenvalue weighted by Gasteiger charge is -2.33. The molecular formula is C16H21N3O3. The maximum atomic E-state index is 13.0. The zero-order chi connectivity index (χ0) is 15.9. The van der Waals surface area contributed by atoms with E-state index < -0.39 is 0 Å². The van der Waals surface area contributed by atoms with Crippen LogP contribution in [0.2, 0.25) is 0 Å². The molecule has 22 heavy (non-hydrogen) atoms. The molecule has 1 fully saturated rings. The Balaban J connectivity index is 2.11. The Bertz CT molecular complexity index is 708. The highest BCUT2D eigenvalue weighted by Crippen LogP contribution is 2.27. The predicted molar refractivity (Wildman–Crippen MR) is 81.9 cm³/mol. The smallest absolute Gasteiger partial charge is 0.259 e. The second kappa shape index (κ2) is 5.68. The standard InChI is InChI=1S/C16H21N3O3/c1-9(2)13-7-12(14-11(4)18-22-15(14)17-13)16(20)19-5-6-21-8-10(19)3/h7,9-10H,5-6,8H2,1-4H3. The highest BCUT2D eigenvalue weighted by molar-refractivity contribution is 6.06. The van der Waals surface area contributed by atoms with Crippen LogP contribution in [0.3, 0.4) is 0 Å². The van der Waals surface area contributed by atoms with Gasteiger partial charge < -0.3 is 14.2 Å². The van der Waals surface area contributed by atoms with E-state index in [2.05, 4.69) is 10.1 Å². The minimum absolute atomic E-state index is 0.00333. The Hall–Kier alpha value is -1.95. The summed E-state index contributed by atoms with van der Waals surface area (Å²) in [4.78, 5) is 19.4. The SMILES string of the molecule is Cc1noc2nc(C(C)C)cc(C(=O)N3CCOCC3C)c12. The van der Waals surface area contributed by atoms with Crippen LogP contribution in [0.15, 0.2) is 10.6 Å². The number of carbonyl (C=O) groups is 1. The molecule has 0 spiro atoms. The number of hydrogen-bond donors (Lipinski definition) is 0. The number of rotatable bonds is 2. The van der Waals surface area contributed by atoms with Gasteiger partial charge in [-0.05, 0) is 25.8 Å². The van der Waals surface area contributed by atoms with Crippen LogP contribution in [0.5, 0.6) is 0 Å². The summed E-state index contributed by atoms with van der Waals surface area (Å²) in [6.45, 7) is 9.67. The van der Waals surface area contributed by atoms with E-state index in [1.165, 1.54) is 0 Å². The van der Waals surface area contributed by atoms with Gasteiger partial charge >= 0.3 is 0 Å². The van der Waals surface area contributed by atoms with Crippen LogP contribution in [0.4, 0.5) is 0 Å². The van der Waals surface area contributed by atoms with Gasteiger partial charge in [-0.15, -0.1) is 0 Å². The third-order valence-corrected chi connectivity index (χ3v) is 4.09. The normalized spacial score (nSPS) is 19.1. The van der Waals surface area contributed by atoms with Gasteiger partial charge in [0.2, 0.25) is 0 Å². The van der Waals surface area contributed by atoms with Crippen LogP contribution in [-0.4, -0.2) is 46.7 Å². The Morgan fingerprint density at radius 2 is 2.23 bits per heavy atom. The van der Waals surface area contributed by atoms with E-state index in [0.29, 0.717) is 42.1 Å². The lowest BCUT2D eigenvalue weighted by molar-refractivity contribution is 0.00369. The number of pyridine rings is 1. The van der Waals surface area contributed by atoms with Crippen molar-refractivity contribution >= 4 is 17.0 Å². The van der Waals surface area contributed by atoms with E-state index in [1.54, 1.807) is 0 Å². The van der Waals surface area contributed by atoms with E-state index in [4.69, 9.17) is 9.26 Å². The van der Waals surface area contributed by atoms with Gasteiger partial charge in [0.05, 0.1) is 35.9 Å². The first kappa shape index (κ1) is 15.0. The van der Waals surface area contributed by atoms with Crippen LogP contribution < -0.4 is 0 Å². The molecule has 1 amide bonds. The first-order valence-corrected chi connectivity index (χ1v) is 7.64. The molecule has 0 aromatic carbocycles. The fourth-order valence-corrected chi connectivity index (χ4v) is 2.76. The van der Waals surface area contributed by atoms with E-state index in [-0.39, 0.29) is 17.9 Å². The first-order chi connectivity index (χ1) is 10.5. The first-order valence-electron chi connectivity index (χ1n) is 7.64. The van der Waals surface area contributed by atoms with E-state index >= 15 is 0 Å². The predicted octanol–water partition coefficient (Wildman–Crippen LogP) is 2.52. The number of amides is 1. The topological polar surface area (TPSA) is 68.5 Å². The van der Waals surface area contributed by atoms with Gasteiger partial charge in [0.1, 0.15) is 0 Å². The minimum Gasteiger partial charge on any atom is -0.377 e. The summed E-state index contributed by atoms with van der Waals surface area (Å²) in [5.74, 6) is 0.208. The van der Waals surface area contributed by atoms with E-state index in [9.17, 15) is 4.79 Å². The maximum Gasteiger partial charge on any atom is 0.259 e. The number of fused-ring (bicyclic) bond motifs is 1. The molecule has 0 saturated carbocycles. The van der Waals surface area contributed by atoms with Gasteiger partial charge in [-0.25, -0.2) is 4.98 Å². The van der Waals surface area contributed by atoms with Crippen LogP contribution in [0.1, 0.15) is 48.4 Å². The number of carbonyl (C=O) groups excluding carboxylic acids is 1. The Morgan fingerprint density at radius 1 is 1.45 bits per heavy atom. The molecule has 1 aliphatic rings. The Labute approximate surface area is 129 Å². The van der Waals surface area contributed by atoms with Crippen molar-refractivity contribution in [1.82, 2.24) is 15.0 Å². The van der Waals surface area contributed by atoms with Gasteiger partial charge in [0.25, 0.3) is 11.6 Å². The molecule has 0 aliphatic carbocycles. The van der Waals surface area contributed by atoms with Gasteiger partial charge in [-0.2, -0.15) is 0 Å². The van der Waals surface area contributed by atoms with Crippen molar-refractivity contribution in [1.29, 1.82) is 0 Å². The highest BCUT2D eigenvalue weighted by atomic mass is 16.5. The molecule has 0 N–H and O–H groups in total. The van der Waals surface area contributed by atoms with Crippen molar-refractivity contribution in [3.63, 3.8) is 0 Å². The quantitative estimate of drug-likeness (QED) is 0.852. The summed E-state index contributed by atoms with van der Waals surface area (Å²) in [6.07, 6.45) is 0. The van der Waals surface area contributed by atoms with Crippen LogP contribution in [0.25, 0.3) is 11.1 Å². The lowest BCUT2D eigenvalue weighted by atomic mass is 10.0. The van der Waals surface area contributed by atoms with Crippen molar-refractivity contribution in [3.8, 4) is 0 Å². The molecule has 3 heterocycles. The number of aromatic nitrogens is 2. The van der Waals surface area contributed by atoms with Crippen molar-refractivity contribution in [2.75, 3.05) is 19.8 Å². The summed E-state index contributed by atoms with van der Waals surface area (Å²) in [5, 5.41) is 4.69. The van der Waals surface area contributed by atoms with Crippen LogP contribution >= 0.6 is 0 Å². The maximum absolute atomic E-state index is 13.0. The van der Waals surface area contributed by atoms with Gasteiger partial charge in [-0.3, -0.25) is 4.79 Å². The average Bonchev–Trinajstić information content (AvgIpc) is 2.88. The molecule has 1 saturated heterocycles.